The van der Waals surface area contributed by atoms with E-state index in [2.05, 4.69) is 17.0 Å². The maximum Gasteiger partial charge on any atom is 0.192 e. The zero-order chi connectivity index (χ0) is 15.2. The van der Waals surface area contributed by atoms with E-state index in [-0.39, 0.29) is 5.78 Å². The number of ketones is 1. The van der Waals surface area contributed by atoms with Crippen molar-refractivity contribution in [3.63, 3.8) is 0 Å². The molecule has 2 heterocycles. The zero-order valence-electron chi connectivity index (χ0n) is 12.6. The van der Waals surface area contributed by atoms with E-state index in [9.17, 15) is 4.79 Å². The summed E-state index contributed by atoms with van der Waals surface area (Å²) in [6.45, 7) is 1.23. The van der Waals surface area contributed by atoms with Gasteiger partial charge in [0, 0.05) is 18.7 Å². The normalized spacial score (nSPS) is 15.0. The van der Waals surface area contributed by atoms with Crippen LogP contribution in [0.3, 0.4) is 0 Å². The average Bonchev–Trinajstić information content (AvgIpc) is 2.97. The molecule has 0 N–H and O–H groups in total. The fraction of sp³-hybridized carbons (Fsp3) is 0.333. The first-order valence-corrected chi connectivity index (χ1v) is 8.65. The number of thiophene rings is 1. The van der Waals surface area contributed by atoms with Gasteiger partial charge in [0.2, 0.25) is 0 Å². The molecule has 1 aliphatic heterocycles. The van der Waals surface area contributed by atoms with Crippen LogP contribution in [-0.2, 0) is 0 Å². The summed E-state index contributed by atoms with van der Waals surface area (Å²) in [5.74, 6) is 1.21. The van der Waals surface area contributed by atoms with Crippen LogP contribution in [-0.4, -0.2) is 24.7 Å². The first-order chi connectivity index (χ1) is 10.8. The van der Waals surface area contributed by atoms with Crippen LogP contribution in [0.15, 0.2) is 52.8 Å². The van der Waals surface area contributed by atoms with Gasteiger partial charge in [-0.3, -0.25) is 9.79 Å². The number of rotatable bonds is 4. The Kier molecular flexibility index (Phi) is 5.01. The van der Waals surface area contributed by atoms with Crippen molar-refractivity contribution in [3.05, 3.63) is 52.7 Å². The van der Waals surface area contributed by atoms with Crippen LogP contribution in [0, 0.1) is 0 Å². The number of para-hydroxylation sites is 1. The van der Waals surface area contributed by atoms with Gasteiger partial charge in [-0.15, -0.1) is 11.3 Å². The molecular weight excluding hydrogens is 292 g/mol. The highest BCUT2D eigenvalue weighted by Gasteiger charge is 2.19. The molecule has 0 saturated heterocycles. The van der Waals surface area contributed by atoms with Gasteiger partial charge in [-0.2, -0.15) is 0 Å². The molecule has 1 aromatic carbocycles. The lowest BCUT2D eigenvalue weighted by molar-refractivity contribution is 0.101. The minimum Gasteiger partial charge on any atom is -0.322 e. The van der Waals surface area contributed by atoms with Crippen LogP contribution in [0.4, 0.5) is 5.69 Å². The van der Waals surface area contributed by atoms with Gasteiger partial charge in [-0.25, -0.2) is 0 Å². The second kappa shape index (κ2) is 7.36. The van der Waals surface area contributed by atoms with Gasteiger partial charge in [0.15, 0.2) is 5.78 Å². The van der Waals surface area contributed by atoms with Crippen molar-refractivity contribution in [2.24, 2.45) is 4.99 Å². The number of aliphatic imine (C=N–C) groups is 1. The van der Waals surface area contributed by atoms with Crippen LogP contribution in [0.2, 0.25) is 0 Å². The minimum absolute atomic E-state index is 0.158. The average molecular weight is 312 g/mol. The topological polar surface area (TPSA) is 32.7 Å². The highest BCUT2D eigenvalue weighted by molar-refractivity contribution is 7.12. The Morgan fingerprint density at radius 3 is 2.73 bits per heavy atom. The van der Waals surface area contributed by atoms with E-state index in [0.717, 1.165) is 42.2 Å². The Morgan fingerprint density at radius 2 is 1.95 bits per heavy atom. The molecule has 4 heteroatoms. The van der Waals surface area contributed by atoms with E-state index in [1.165, 1.54) is 17.8 Å². The Balaban J connectivity index is 1.86. The van der Waals surface area contributed by atoms with Crippen LogP contribution in [0.1, 0.15) is 35.4 Å². The summed E-state index contributed by atoms with van der Waals surface area (Å²) < 4.78 is 0. The molecule has 3 nitrogen and oxygen atoms in total. The van der Waals surface area contributed by atoms with Crippen molar-refractivity contribution < 1.29 is 4.79 Å². The number of amidine groups is 1. The van der Waals surface area contributed by atoms with E-state index in [1.807, 2.05) is 35.7 Å². The molecule has 0 amide bonds. The number of benzene rings is 1. The smallest absolute Gasteiger partial charge is 0.192 e. The number of hydrogen-bond acceptors (Lipinski definition) is 4. The largest absolute Gasteiger partial charge is 0.322 e. The molecule has 0 aliphatic carbocycles. The molecular formula is C18H20N2OS. The van der Waals surface area contributed by atoms with E-state index in [1.54, 1.807) is 0 Å². The van der Waals surface area contributed by atoms with E-state index in [0.29, 0.717) is 6.54 Å². The van der Waals surface area contributed by atoms with Crippen molar-refractivity contribution in [1.29, 1.82) is 0 Å². The van der Waals surface area contributed by atoms with Crippen molar-refractivity contribution in [2.45, 2.75) is 25.7 Å². The molecule has 0 fully saturated rings. The van der Waals surface area contributed by atoms with Gasteiger partial charge in [-0.05, 0) is 36.4 Å². The Bertz CT molecular complexity index is 634. The minimum atomic E-state index is 0.158. The number of nitrogens with zero attached hydrogens (tertiary/aromatic N) is 2. The third-order valence-corrected chi connectivity index (χ3v) is 4.74. The van der Waals surface area contributed by atoms with Gasteiger partial charge >= 0.3 is 0 Å². The van der Waals surface area contributed by atoms with Gasteiger partial charge in [0.25, 0.3) is 0 Å². The second-order valence-electron chi connectivity index (χ2n) is 5.43. The fourth-order valence-electron chi connectivity index (χ4n) is 2.68. The van der Waals surface area contributed by atoms with Gasteiger partial charge < -0.3 is 4.90 Å². The maximum atomic E-state index is 12.5. The quantitative estimate of drug-likeness (QED) is 0.783. The molecule has 0 bridgehead atoms. The predicted molar refractivity (Wildman–Crippen MR) is 93.2 cm³/mol. The summed E-state index contributed by atoms with van der Waals surface area (Å²) in [5.41, 5.74) is 1.05. The molecule has 1 aliphatic rings. The van der Waals surface area contributed by atoms with Gasteiger partial charge in [-0.1, -0.05) is 30.7 Å². The molecule has 0 radical (unpaired) electrons. The van der Waals surface area contributed by atoms with E-state index >= 15 is 0 Å². The molecule has 0 unspecified atom stereocenters. The number of anilines is 1. The summed E-state index contributed by atoms with van der Waals surface area (Å²) in [4.78, 5) is 20.2. The zero-order valence-corrected chi connectivity index (χ0v) is 13.4. The summed E-state index contributed by atoms with van der Waals surface area (Å²) >= 11 is 1.50. The molecule has 2 aromatic rings. The maximum absolute atomic E-state index is 12.5. The summed E-state index contributed by atoms with van der Waals surface area (Å²) in [7, 11) is 0. The third kappa shape index (κ3) is 3.63. The standard InChI is InChI=1S/C18H20N2OS/c21-16(17-10-7-13-22-17)14-20(15-8-3-1-4-9-15)18-11-5-2-6-12-19-18/h1,3-4,7-10,13H,2,5-6,11-12,14H2. The monoisotopic (exact) mass is 312 g/mol. The lowest BCUT2D eigenvalue weighted by Crippen LogP contribution is -2.35. The molecule has 22 heavy (non-hydrogen) atoms. The first-order valence-electron chi connectivity index (χ1n) is 7.77. The molecule has 0 saturated carbocycles. The highest BCUT2D eigenvalue weighted by Crippen LogP contribution is 2.20. The lowest BCUT2D eigenvalue weighted by Gasteiger charge is -2.25. The summed E-state index contributed by atoms with van der Waals surface area (Å²) in [6.07, 6.45) is 4.46. The Morgan fingerprint density at radius 1 is 1.09 bits per heavy atom. The Hall–Kier alpha value is -1.94. The summed E-state index contributed by atoms with van der Waals surface area (Å²) in [5, 5.41) is 1.95. The van der Waals surface area contributed by atoms with Crippen molar-refractivity contribution in [2.75, 3.05) is 18.0 Å². The van der Waals surface area contributed by atoms with Crippen LogP contribution in [0.25, 0.3) is 0 Å². The Labute approximate surface area is 135 Å². The highest BCUT2D eigenvalue weighted by atomic mass is 32.1. The van der Waals surface area contributed by atoms with Gasteiger partial charge in [0.1, 0.15) is 5.84 Å². The van der Waals surface area contributed by atoms with Crippen molar-refractivity contribution in [3.8, 4) is 0 Å². The van der Waals surface area contributed by atoms with Crippen LogP contribution < -0.4 is 4.90 Å². The van der Waals surface area contributed by atoms with E-state index in [4.69, 9.17) is 4.99 Å². The lowest BCUT2D eigenvalue weighted by atomic mass is 10.1. The molecule has 114 valence electrons. The first kappa shape index (κ1) is 15.0. The number of carbonyl (C=O) groups excluding carboxylic acids is 1. The number of hydrogen-bond donors (Lipinski definition) is 0. The van der Waals surface area contributed by atoms with E-state index < -0.39 is 0 Å². The fourth-order valence-corrected chi connectivity index (χ4v) is 3.33. The van der Waals surface area contributed by atoms with Crippen LogP contribution in [0.5, 0.6) is 0 Å². The van der Waals surface area contributed by atoms with Gasteiger partial charge in [0.05, 0.1) is 11.4 Å². The second-order valence-corrected chi connectivity index (χ2v) is 6.38. The van der Waals surface area contributed by atoms with Crippen molar-refractivity contribution in [1.82, 2.24) is 0 Å². The number of Topliss-reactive ketones (excluding diaryl/α,β-unsaturated/α-hetero) is 1. The molecule has 0 spiro atoms. The number of carbonyl (C=O) groups is 1. The molecule has 1 aromatic heterocycles. The van der Waals surface area contributed by atoms with Crippen LogP contribution >= 0.6 is 11.3 Å². The molecule has 3 rings (SSSR count). The van der Waals surface area contributed by atoms with Crippen molar-refractivity contribution >= 4 is 28.6 Å². The predicted octanol–water partition coefficient (Wildman–Crippen LogP) is 4.41. The third-order valence-electron chi connectivity index (χ3n) is 3.83. The summed E-state index contributed by atoms with van der Waals surface area (Å²) in [6, 6.07) is 13.9. The SMILES string of the molecule is O=C(CN(C1=NCCCCC1)c1ccccc1)c1cccs1. The molecule has 0 atom stereocenters.